The number of carbonyl (C=O) groups is 2. The first-order chi connectivity index (χ1) is 11.8. The summed E-state index contributed by atoms with van der Waals surface area (Å²) in [7, 11) is 0. The Bertz CT molecular complexity index is 991. The Hall–Kier alpha value is -3.00. The minimum absolute atomic E-state index is 0.185. The predicted octanol–water partition coefficient (Wildman–Crippen LogP) is 1.75. The Morgan fingerprint density at radius 1 is 1.00 bits per heavy atom. The number of benzene rings is 2. The van der Waals surface area contributed by atoms with Gasteiger partial charge in [0.15, 0.2) is 17.5 Å². The summed E-state index contributed by atoms with van der Waals surface area (Å²) < 4.78 is 0.521. The lowest BCUT2D eigenvalue weighted by molar-refractivity contribution is 0.0979. The van der Waals surface area contributed by atoms with Crippen LogP contribution in [0.15, 0.2) is 44.8 Å². The highest BCUT2D eigenvalue weighted by molar-refractivity contribution is 9.10. The van der Waals surface area contributed by atoms with Gasteiger partial charge in [0.2, 0.25) is 5.96 Å². The maximum atomic E-state index is 13.0. The average molecular weight is 400 g/mol. The van der Waals surface area contributed by atoms with Gasteiger partial charge in [-0.2, -0.15) is 4.99 Å². The molecule has 8 heteroatoms. The van der Waals surface area contributed by atoms with E-state index in [-0.39, 0.29) is 40.3 Å². The molecule has 0 amide bonds. The first kappa shape index (κ1) is 16.8. The molecule has 126 valence electrons. The van der Waals surface area contributed by atoms with Gasteiger partial charge in [0.05, 0.1) is 16.8 Å². The zero-order chi connectivity index (χ0) is 18.3. The van der Waals surface area contributed by atoms with Crippen molar-refractivity contribution in [2.75, 3.05) is 0 Å². The van der Waals surface area contributed by atoms with Crippen molar-refractivity contribution in [2.24, 2.45) is 27.2 Å². The van der Waals surface area contributed by atoms with Crippen LogP contribution in [0.5, 0.6) is 0 Å². The van der Waals surface area contributed by atoms with E-state index in [0.717, 1.165) is 0 Å². The first-order valence-electron chi connectivity index (χ1n) is 7.26. The van der Waals surface area contributed by atoms with Gasteiger partial charge in [-0.25, -0.2) is 4.99 Å². The zero-order valence-electron chi connectivity index (χ0n) is 13.2. The summed E-state index contributed by atoms with van der Waals surface area (Å²) in [6.45, 7) is 1.75. The molecule has 0 bridgehead atoms. The molecule has 0 radical (unpaired) electrons. The molecule has 1 aliphatic carbocycles. The Morgan fingerprint density at radius 3 is 2.12 bits per heavy atom. The number of nitrogens with two attached hydrogens (primary N) is 3. The van der Waals surface area contributed by atoms with E-state index >= 15 is 0 Å². The van der Waals surface area contributed by atoms with Crippen molar-refractivity contribution in [1.29, 1.82) is 0 Å². The SMILES string of the molecule is Cc1cc(Br)c2c(c1N=C(N)N=C(N)N)C(=O)c1ccccc1C2=O. The molecule has 2 aromatic carbocycles. The number of halogens is 1. The van der Waals surface area contributed by atoms with Gasteiger partial charge < -0.3 is 17.2 Å². The number of aryl methyl sites for hydroxylation is 1. The van der Waals surface area contributed by atoms with E-state index in [1.807, 2.05) is 0 Å². The second-order valence-corrected chi connectivity index (χ2v) is 6.34. The van der Waals surface area contributed by atoms with Gasteiger partial charge >= 0.3 is 0 Å². The molecule has 0 heterocycles. The molecule has 6 N–H and O–H groups in total. The van der Waals surface area contributed by atoms with Gasteiger partial charge in [-0.05, 0) is 34.5 Å². The molecule has 3 rings (SSSR count). The van der Waals surface area contributed by atoms with E-state index in [2.05, 4.69) is 25.9 Å². The van der Waals surface area contributed by atoms with Crippen LogP contribution in [0.25, 0.3) is 0 Å². The van der Waals surface area contributed by atoms with Crippen LogP contribution in [-0.2, 0) is 0 Å². The number of ketones is 2. The second kappa shape index (κ2) is 6.14. The molecule has 0 saturated carbocycles. The Kier molecular flexibility index (Phi) is 4.13. The maximum absolute atomic E-state index is 13.0. The number of fused-ring (bicyclic) bond motifs is 2. The quantitative estimate of drug-likeness (QED) is 0.422. The average Bonchev–Trinajstić information content (AvgIpc) is 2.54. The number of guanidine groups is 2. The van der Waals surface area contributed by atoms with Crippen molar-refractivity contribution in [3.05, 3.63) is 62.6 Å². The molecule has 7 nitrogen and oxygen atoms in total. The van der Waals surface area contributed by atoms with Gasteiger partial charge in [-0.15, -0.1) is 0 Å². The van der Waals surface area contributed by atoms with Crippen LogP contribution < -0.4 is 17.2 Å². The fourth-order valence-electron chi connectivity index (χ4n) is 2.77. The molecule has 1 aliphatic rings. The molecule has 0 spiro atoms. The third kappa shape index (κ3) is 2.80. The van der Waals surface area contributed by atoms with Crippen LogP contribution >= 0.6 is 15.9 Å². The van der Waals surface area contributed by atoms with Crippen molar-refractivity contribution in [2.45, 2.75) is 6.92 Å². The summed E-state index contributed by atoms with van der Waals surface area (Å²) >= 11 is 3.37. The Labute approximate surface area is 151 Å². The molecule has 0 fully saturated rings. The number of nitrogens with zero attached hydrogens (tertiary/aromatic N) is 2. The highest BCUT2D eigenvalue weighted by atomic mass is 79.9. The Balaban J connectivity index is 2.33. The van der Waals surface area contributed by atoms with Crippen molar-refractivity contribution in [1.82, 2.24) is 0 Å². The number of hydrogen-bond acceptors (Lipinski definition) is 3. The highest BCUT2D eigenvalue weighted by Gasteiger charge is 2.34. The number of hydrogen-bond donors (Lipinski definition) is 3. The lowest BCUT2D eigenvalue weighted by Crippen LogP contribution is -2.26. The molecule has 0 atom stereocenters. The summed E-state index contributed by atoms with van der Waals surface area (Å²) in [5.74, 6) is -1.01. The number of rotatable bonds is 1. The molecule has 2 aromatic rings. The van der Waals surface area contributed by atoms with Crippen LogP contribution in [0.4, 0.5) is 5.69 Å². The normalized spacial score (nSPS) is 13.3. The predicted molar refractivity (Wildman–Crippen MR) is 99.3 cm³/mol. The van der Waals surface area contributed by atoms with E-state index in [4.69, 9.17) is 17.2 Å². The van der Waals surface area contributed by atoms with Crippen molar-refractivity contribution in [3.8, 4) is 0 Å². The van der Waals surface area contributed by atoms with Crippen molar-refractivity contribution >= 4 is 45.1 Å². The lowest BCUT2D eigenvalue weighted by atomic mass is 9.82. The molecular formula is C17H14BrN5O2. The van der Waals surface area contributed by atoms with E-state index in [0.29, 0.717) is 21.2 Å². The first-order valence-corrected chi connectivity index (χ1v) is 8.06. The maximum Gasteiger partial charge on any atom is 0.223 e. The monoisotopic (exact) mass is 399 g/mol. The molecule has 0 aromatic heterocycles. The van der Waals surface area contributed by atoms with Gasteiger partial charge in [0.1, 0.15) is 0 Å². The van der Waals surface area contributed by atoms with Gasteiger partial charge in [-0.1, -0.05) is 24.3 Å². The molecular weight excluding hydrogens is 386 g/mol. The summed E-state index contributed by atoms with van der Waals surface area (Å²) in [5, 5.41) is 0. The van der Waals surface area contributed by atoms with E-state index in [1.54, 1.807) is 37.3 Å². The lowest BCUT2D eigenvalue weighted by Gasteiger charge is -2.21. The molecule has 25 heavy (non-hydrogen) atoms. The summed E-state index contributed by atoms with van der Waals surface area (Å²) in [4.78, 5) is 33.7. The topological polar surface area (TPSA) is 137 Å². The van der Waals surface area contributed by atoms with Crippen LogP contribution in [0.1, 0.15) is 37.4 Å². The number of carbonyl (C=O) groups excluding carboxylic acids is 2. The van der Waals surface area contributed by atoms with Crippen LogP contribution in [0, 0.1) is 6.92 Å². The standard InChI is InChI=1S/C17H14BrN5O2/c1-7-6-10(18)11-12(13(7)22-17(21)23-16(19)20)15(25)9-5-3-2-4-8(9)14(11)24/h2-6H,1H3,(H6,19,20,21,22,23). The van der Waals surface area contributed by atoms with E-state index < -0.39 is 0 Å². The molecule has 0 unspecified atom stereocenters. The van der Waals surface area contributed by atoms with Crippen molar-refractivity contribution in [3.63, 3.8) is 0 Å². The summed E-state index contributed by atoms with van der Waals surface area (Å²) in [6, 6.07) is 8.37. The minimum atomic E-state index is -0.300. The van der Waals surface area contributed by atoms with Crippen LogP contribution in [-0.4, -0.2) is 23.5 Å². The number of aliphatic imine (C=N–C) groups is 2. The fourth-order valence-corrected chi connectivity index (χ4v) is 3.49. The third-order valence-corrected chi connectivity index (χ3v) is 4.41. The fraction of sp³-hybridized carbons (Fsp3) is 0.0588. The highest BCUT2D eigenvalue weighted by Crippen LogP contribution is 2.39. The summed E-state index contributed by atoms with van der Waals surface area (Å²) in [6.07, 6.45) is 0. The van der Waals surface area contributed by atoms with Crippen LogP contribution in [0.2, 0.25) is 0 Å². The van der Waals surface area contributed by atoms with Crippen molar-refractivity contribution < 1.29 is 9.59 Å². The van der Waals surface area contributed by atoms with Gasteiger partial charge in [-0.3, -0.25) is 9.59 Å². The van der Waals surface area contributed by atoms with Crippen LogP contribution in [0.3, 0.4) is 0 Å². The summed E-state index contributed by atoms with van der Waals surface area (Å²) in [5.41, 5.74) is 18.4. The smallest absolute Gasteiger partial charge is 0.223 e. The minimum Gasteiger partial charge on any atom is -0.370 e. The largest absolute Gasteiger partial charge is 0.370 e. The second-order valence-electron chi connectivity index (χ2n) is 5.48. The van der Waals surface area contributed by atoms with Gasteiger partial charge in [0.25, 0.3) is 0 Å². The molecule has 0 saturated heterocycles. The van der Waals surface area contributed by atoms with E-state index in [1.165, 1.54) is 0 Å². The van der Waals surface area contributed by atoms with Gasteiger partial charge in [0, 0.05) is 15.6 Å². The van der Waals surface area contributed by atoms with E-state index in [9.17, 15) is 9.59 Å². The zero-order valence-corrected chi connectivity index (χ0v) is 14.8. The Morgan fingerprint density at radius 2 is 1.56 bits per heavy atom. The third-order valence-electron chi connectivity index (χ3n) is 3.78. The molecule has 0 aliphatic heterocycles.